The summed E-state index contributed by atoms with van der Waals surface area (Å²) < 4.78 is 45.3. The molecule has 0 radical (unpaired) electrons. The van der Waals surface area contributed by atoms with Crippen molar-refractivity contribution in [3.8, 4) is 0 Å². The Hall–Kier alpha value is -1.29. The Morgan fingerprint density at radius 1 is 0.929 bits per heavy atom. The van der Waals surface area contributed by atoms with Gasteiger partial charge in [-0.15, -0.1) is 6.58 Å². The number of piperidine rings is 1. The molecule has 3 rings (SSSR count). The van der Waals surface area contributed by atoms with Gasteiger partial charge in [0, 0.05) is 16.6 Å². The molecule has 1 aromatic rings. The van der Waals surface area contributed by atoms with Crippen LogP contribution in [0.25, 0.3) is 0 Å². The molecular formula is C24H34F3N. The van der Waals surface area contributed by atoms with Crippen LogP contribution in [0.15, 0.2) is 18.7 Å². The van der Waals surface area contributed by atoms with Gasteiger partial charge in [0.15, 0.2) is 11.6 Å². The first-order valence-electron chi connectivity index (χ1n) is 10.5. The number of rotatable bonds is 3. The lowest BCUT2D eigenvalue weighted by Crippen LogP contribution is -2.58. The highest BCUT2D eigenvalue weighted by Gasteiger charge is 2.45. The third-order valence-electron chi connectivity index (χ3n) is 7.48. The summed E-state index contributed by atoms with van der Waals surface area (Å²) >= 11 is 0. The fraction of sp³-hybridized carbons (Fsp3) is 0.667. The van der Waals surface area contributed by atoms with Crippen molar-refractivity contribution in [2.24, 2.45) is 5.92 Å². The number of likely N-dealkylation sites (tertiary alicyclic amines) is 1. The van der Waals surface area contributed by atoms with Crippen molar-refractivity contribution in [1.29, 1.82) is 0 Å². The quantitative estimate of drug-likeness (QED) is 0.397. The van der Waals surface area contributed by atoms with Crippen LogP contribution in [-0.2, 0) is 0 Å². The molecule has 0 atom stereocenters. The van der Waals surface area contributed by atoms with E-state index < -0.39 is 17.5 Å². The van der Waals surface area contributed by atoms with Crippen LogP contribution in [0.5, 0.6) is 0 Å². The fourth-order valence-corrected chi connectivity index (χ4v) is 5.54. The van der Waals surface area contributed by atoms with Crippen molar-refractivity contribution in [2.75, 3.05) is 7.05 Å². The van der Waals surface area contributed by atoms with E-state index in [1.807, 2.05) is 13.1 Å². The Balaban J connectivity index is 1.94. The minimum Gasteiger partial charge on any atom is -0.296 e. The lowest BCUT2D eigenvalue weighted by Gasteiger charge is -2.54. The second kappa shape index (κ2) is 7.51. The van der Waals surface area contributed by atoms with E-state index in [-0.39, 0.29) is 34.0 Å². The van der Waals surface area contributed by atoms with Crippen LogP contribution in [0.4, 0.5) is 13.2 Å². The van der Waals surface area contributed by atoms with E-state index in [0.717, 1.165) is 25.7 Å². The first-order chi connectivity index (χ1) is 13.0. The smallest absolute Gasteiger partial charge is 0.165 e. The molecule has 1 aliphatic heterocycles. The van der Waals surface area contributed by atoms with E-state index in [1.54, 1.807) is 0 Å². The van der Waals surface area contributed by atoms with E-state index in [2.05, 4.69) is 39.2 Å². The molecule has 156 valence electrons. The molecule has 28 heavy (non-hydrogen) atoms. The Labute approximate surface area is 168 Å². The molecular weight excluding hydrogens is 359 g/mol. The second-order valence-corrected chi connectivity index (χ2v) is 10.1. The zero-order valence-electron chi connectivity index (χ0n) is 17.9. The van der Waals surface area contributed by atoms with Gasteiger partial charge < -0.3 is 0 Å². The van der Waals surface area contributed by atoms with Gasteiger partial charge in [0.25, 0.3) is 0 Å². The molecule has 1 saturated heterocycles. The van der Waals surface area contributed by atoms with Crippen molar-refractivity contribution < 1.29 is 13.2 Å². The number of allylic oxidation sites excluding steroid dienone is 1. The monoisotopic (exact) mass is 393 g/mol. The van der Waals surface area contributed by atoms with Crippen molar-refractivity contribution >= 4 is 0 Å². The molecule has 1 saturated carbocycles. The maximum atomic E-state index is 15.2. The molecule has 0 unspecified atom stereocenters. The minimum absolute atomic E-state index is 0.0599. The van der Waals surface area contributed by atoms with Gasteiger partial charge in [0.1, 0.15) is 5.82 Å². The number of nitrogens with zero attached hydrogens (tertiary/aromatic N) is 1. The average Bonchev–Trinajstić information content (AvgIpc) is 2.62. The summed E-state index contributed by atoms with van der Waals surface area (Å²) in [6.07, 6.45) is 6.43. The Morgan fingerprint density at radius 3 is 1.96 bits per heavy atom. The van der Waals surface area contributed by atoms with Gasteiger partial charge in [0.2, 0.25) is 0 Å². The summed E-state index contributed by atoms with van der Waals surface area (Å²) in [6.45, 7) is 12.2. The number of halogens is 3. The highest BCUT2D eigenvalue weighted by Crippen LogP contribution is 2.47. The highest BCUT2D eigenvalue weighted by atomic mass is 19.2. The summed E-state index contributed by atoms with van der Waals surface area (Å²) in [6, 6.07) is 1.28. The van der Waals surface area contributed by atoms with Crippen molar-refractivity contribution in [3.63, 3.8) is 0 Å². The van der Waals surface area contributed by atoms with Crippen LogP contribution in [0.2, 0.25) is 0 Å². The third-order valence-corrected chi connectivity index (χ3v) is 7.48. The molecule has 0 spiro atoms. The van der Waals surface area contributed by atoms with Crippen molar-refractivity contribution in [1.82, 2.24) is 4.90 Å². The lowest BCUT2D eigenvalue weighted by atomic mass is 9.71. The molecule has 1 heterocycles. The van der Waals surface area contributed by atoms with Crippen LogP contribution < -0.4 is 0 Å². The maximum Gasteiger partial charge on any atom is 0.165 e. The molecule has 0 N–H and O–H groups in total. The topological polar surface area (TPSA) is 3.24 Å². The number of hydrogen-bond donors (Lipinski definition) is 0. The first-order valence-corrected chi connectivity index (χ1v) is 10.5. The highest BCUT2D eigenvalue weighted by molar-refractivity contribution is 5.34. The summed E-state index contributed by atoms with van der Waals surface area (Å²) in [5.74, 6) is -2.41. The van der Waals surface area contributed by atoms with Crippen molar-refractivity contribution in [2.45, 2.75) is 89.1 Å². The van der Waals surface area contributed by atoms with Crippen LogP contribution in [0, 0.1) is 23.4 Å². The predicted octanol–water partition coefficient (Wildman–Crippen LogP) is 6.93. The number of benzene rings is 1. The zero-order chi connectivity index (χ0) is 20.9. The Bertz CT molecular complexity index is 727. The van der Waals surface area contributed by atoms with Crippen LogP contribution in [-0.4, -0.2) is 23.0 Å². The van der Waals surface area contributed by atoms with Gasteiger partial charge in [-0.2, -0.15) is 0 Å². The van der Waals surface area contributed by atoms with Gasteiger partial charge in [-0.3, -0.25) is 4.90 Å². The van der Waals surface area contributed by atoms with E-state index in [9.17, 15) is 0 Å². The molecule has 0 bridgehead atoms. The first kappa shape index (κ1) is 21.4. The molecule has 1 nitrogen and oxygen atoms in total. The van der Waals surface area contributed by atoms with Crippen LogP contribution >= 0.6 is 0 Å². The minimum atomic E-state index is -0.970. The van der Waals surface area contributed by atoms with Crippen molar-refractivity contribution in [3.05, 3.63) is 47.3 Å². The average molecular weight is 394 g/mol. The molecule has 4 heteroatoms. The number of hydrogen-bond acceptors (Lipinski definition) is 1. The van der Waals surface area contributed by atoms with E-state index in [1.165, 1.54) is 6.07 Å². The predicted molar refractivity (Wildman–Crippen MR) is 109 cm³/mol. The second-order valence-electron chi connectivity index (χ2n) is 10.1. The third kappa shape index (κ3) is 3.77. The normalized spacial score (nSPS) is 28.3. The Morgan fingerprint density at radius 2 is 1.46 bits per heavy atom. The largest absolute Gasteiger partial charge is 0.296 e. The summed E-state index contributed by atoms with van der Waals surface area (Å²) in [5, 5.41) is 0. The summed E-state index contributed by atoms with van der Waals surface area (Å²) in [7, 11) is 2.05. The molecule has 1 aromatic carbocycles. The van der Waals surface area contributed by atoms with Gasteiger partial charge in [-0.25, -0.2) is 13.2 Å². The Kier molecular flexibility index (Phi) is 5.75. The molecule has 1 aliphatic carbocycles. The van der Waals surface area contributed by atoms with E-state index in [0.29, 0.717) is 18.8 Å². The van der Waals surface area contributed by atoms with E-state index in [4.69, 9.17) is 0 Å². The van der Waals surface area contributed by atoms with Gasteiger partial charge in [-0.05, 0) is 103 Å². The van der Waals surface area contributed by atoms with Gasteiger partial charge >= 0.3 is 0 Å². The van der Waals surface area contributed by atoms with Crippen LogP contribution in [0.1, 0.15) is 89.2 Å². The summed E-state index contributed by atoms with van der Waals surface area (Å²) in [4.78, 5) is 2.26. The van der Waals surface area contributed by atoms with Crippen LogP contribution in [0.3, 0.4) is 0 Å². The zero-order valence-corrected chi connectivity index (χ0v) is 17.9. The van der Waals surface area contributed by atoms with Gasteiger partial charge in [0.05, 0.1) is 0 Å². The summed E-state index contributed by atoms with van der Waals surface area (Å²) in [5.41, 5.74) is -0.282. The van der Waals surface area contributed by atoms with Gasteiger partial charge in [-0.1, -0.05) is 6.08 Å². The fourth-order valence-electron chi connectivity index (χ4n) is 5.54. The standard InChI is InChI=1S/C24H34F3N/c1-7-15-8-10-16(11-9-15)18-12-19(25)20(22(27)21(18)26)17-13-23(2,3)28(6)24(4,5)14-17/h7,12,15-17H,1,8-11,13-14H2,2-6H3. The molecule has 2 aliphatic rings. The molecule has 2 fully saturated rings. The SMILES string of the molecule is C=CC1CCC(c2cc(F)c(C3CC(C)(C)N(C)C(C)(C)C3)c(F)c2F)CC1. The van der Waals surface area contributed by atoms with E-state index >= 15 is 13.2 Å². The molecule has 0 aromatic heterocycles. The maximum absolute atomic E-state index is 15.2. The molecule has 0 amide bonds. The lowest BCUT2D eigenvalue weighted by molar-refractivity contribution is -0.0139.